The lowest BCUT2D eigenvalue weighted by Crippen LogP contribution is -2.57. The lowest BCUT2D eigenvalue weighted by Gasteiger charge is -2.40. The molecule has 0 radical (unpaired) electrons. The van der Waals surface area contributed by atoms with Gasteiger partial charge in [-0.3, -0.25) is 9.36 Å². The van der Waals surface area contributed by atoms with Gasteiger partial charge in [0, 0.05) is 38.4 Å². The molecular weight excluding hydrogens is 478 g/mol. The first-order valence-corrected chi connectivity index (χ1v) is 14.2. The quantitative estimate of drug-likeness (QED) is 0.593. The van der Waals surface area contributed by atoms with Crippen LogP contribution in [0.1, 0.15) is 50.7 Å². The van der Waals surface area contributed by atoms with Crippen molar-refractivity contribution in [1.29, 1.82) is 0 Å². The first-order valence-electron chi connectivity index (χ1n) is 14.2. The van der Waals surface area contributed by atoms with Gasteiger partial charge in [0.05, 0.1) is 11.2 Å². The molecule has 1 unspecified atom stereocenters. The summed E-state index contributed by atoms with van der Waals surface area (Å²) in [4.78, 5) is 36.4. The SMILES string of the molecule is CC(C)(N)C(=O)N1CCN(c2ccn(-c3ccc4c(c3)CCC(N3CCC(CCN)CC3)C4)c(=O)n2)CC1. The Morgan fingerprint density at radius 3 is 2.42 bits per heavy atom. The second-order valence-corrected chi connectivity index (χ2v) is 11.8. The van der Waals surface area contributed by atoms with Gasteiger partial charge in [-0.25, -0.2) is 4.79 Å². The first-order chi connectivity index (χ1) is 18.2. The summed E-state index contributed by atoms with van der Waals surface area (Å²) in [6.07, 6.45) is 8.81. The predicted octanol–water partition coefficient (Wildman–Crippen LogP) is 1.54. The Morgan fingerprint density at radius 1 is 1.03 bits per heavy atom. The van der Waals surface area contributed by atoms with Crippen LogP contribution in [0, 0.1) is 5.92 Å². The number of hydrogen-bond acceptors (Lipinski definition) is 7. The number of piperazine rings is 1. The number of nitrogens with two attached hydrogens (primary N) is 2. The van der Waals surface area contributed by atoms with Crippen molar-refractivity contribution in [2.45, 2.75) is 64.0 Å². The molecule has 2 aliphatic heterocycles. The maximum absolute atomic E-state index is 13.0. The van der Waals surface area contributed by atoms with Crippen molar-refractivity contribution in [2.75, 3.05) is 50.7 Å². The largest absolute Gasteiger partial charge is 0.354 e. The van der Waals surface area contributed by atoms with Crippen molar-refractivity contribution in [1.82, 2.24) is 19.4 Å². The molecule has 5 rings (SSSR count). The molecule has 1 amide bonds. The van der Waals surface area contributed by atoms with E-state index in [1.807, 2.05) is 12.3 Å². The fraction of sp³-hybridized carbons (Fsp3) is 0.621. The summed E-state index contributed by atoms with van der Waals surface area (Å²) in [5.41, 5.74) is 14.2. The Hall–Kier alpha value is -2.75. The number of fused-ring (bicyclic) bond motifs is 1. The lowest BCUT2D eigenvalue weighted by molar-refractivity contribution is -0.136. The van der Waals surface area contributed by atoms with Crippen LogP contribution in [0.3, 0.4) is 0 Å². The number of anilines is 1. The van der Waals surface area contributed by atoms with Crippen molar-refractivity contribution < 1.29 is 4.79 Å². The number of hydrogen-bond donors (Lipinski definition) is 2. The number of carbonyl (C=O) groups excluding carboxylic acids is 1. The number of piperidine rings is 1. The molecule has 1 atom stereocenters. The topological polar surface area (TPSA) is 114 Å². The number of aromatic nitrogens is 2. The van der Waals surface area contributed by atoms with Crippen LogP contribution >= 0.6 is 0 Å². The van der Waals surface area contributed by atoms with E-state index < -0.39 is 5.54 Å². The lowest BCUT2D eigenvalue weighted by atomic mass is 9.85. The van der Waals surface area contributed by atoms with Crippen molar-refractivity contribution in [3.05, 3.63) is 52.1 Å². The molecule has 4 N–H and O–H groups in total. The van der Waals surface area contributed by atoms with E-state index in [4.69, 9.17) is 11.5 Å². The Labute approximate surface area is 225 Å². The molecule has 1 aliphatic carbocycles. The third kappa shape index (κ3) is 5.80. The molecule has 38 heavy (non-hydrogen) atoms. The Bertz CT molecular complexity index is 1190. The molecule has 2 fully saturated rings. The molecule has 2 aromatic rings. The minimum atomic E-state index is -0.877. The van der Waals surface area contributed by atoms with Gasteiger partial charge in [-0.1, -0.05) is 6.07 Å². The van der Waals surface area contributed by atoms with Crippen LogP contribution in [0.15, 0.2) is 35.3 Å². The van der Waals surface area contributed by atoms with Crippen LogP contribution < -0.4 is 22.1 Å². The van der Waals surface area contributed by atoms with E-state index in [-0.39, 0.29) is 11.6 Å². The van der Waals surface area contributed by atoms with Crippen molar-refractivity contribution in [2.24, 2.45) is 17.4 Å². The van der Waals surface area contributed by atoms with Gasteiger partial charge in [-0.15, -0.1) is 0 Å². The van der Waals surface area contributed by atoms with Gasteiger partial charge >= 0.3 is 5.69 Å². The Balaban J connectivity index is 1.21. The predicted molar refractivity (Wildman–Crippen MR) is 151 cm³/mol. The highest BCUT2D eigenvalue weighted by molar-refractivity contribution is 5.85. The Kier molecular flexibility index (Phi) is 7.88. The second-order valence-electron chi connectivity index (χ2n) is 11.8. The highest BCUT2D eigenvalue weighted by Crippen LogP contribution is 2.30. The summed E-state index contributed by atoms with van der Waals surface area (Å²) < 4.78 is 1.63. The molecule has 3 heterocycles. The van der Waals surface area contributed by atoms with Crippen LogP contribution in [0.2, 0.25) is 0 Å². The molecule has 206 valence electrons. The van der Waals surface area contributed by atoms with E-state index in [0.29, 0.717) is 38.0 Å². The van der Waals surface area contributed by atoms with Gasteiger partial charge in [0.15, 0.2) is 0 Å². The average molecular weight is 522 g/mol. The number of amides is 1. The molecule has 0 bridgehead atoms. The molecule has 9 heteroatoms. The third-order valence-electron chi connectivity index (χ3n) is 8.64. The molecule has 0 saturated carbocycles. The van der Waals surface area contributed by atoms with E-state index in [1.165, 1.54) is 43.5 Å². The third-order valence-corrected chi connectivity index (χ3v) is 8.64. The van der Waals surface area contributed by atoms with Gasteiger partial charge in [0.2, 0.25) is 5.91 Å². The summed E-state index contributed by atoms with van der Waals surface area (Å²) in [5, 5.41) is 0. The van der Waals surface area contributed by atoms with Crippen molar-refractivity contribution in [3.8, 4) is 5.69 Å². The van der Waals surface area contributed by atoms with Crippen molar-refractivity contribution >= 4 is 11.7 Å². The van der Waals surface area contributed by atoms with Gasteiger partial charge in [0.1, 0.15) is 5.82 Å². The molecule has 1 aromatic carbocycles. The minimum absolute atomic E-state index is 0.0497. The fourth-order valence-corrected chi connectivity index (χ4v) is 6.34. The number of rotatable bonds is 6. The fourth-order valence-electron chi connectivity index (χ4n) is 6.34. The summed E-state index contributed by atoms with van der Waals surface area (Å²) >= 11 is 0. The van der Waals surface area contributed by atoms with E-state index in [2.05, 4.69) is 33.0 Å². The van der Waals surface area contributed by atoms with Crippen molar-refractivity contribution in [3.63, 3.8) is 0 Å². The van der Waals surface area contributed by atoms with Crippen LogP contribution in [-0.2, 0) is 17.6 Å². The van der Waals surface area contributed by atoms with Gasteiger partial charge in [0.25, 0.3) is 0 Å². The minimum Gasteiger partial charge on any atom is -0.353 e. The number of carbonyl (C=O) groups is 1. The molecule has 0 spiro atoms. The standard InChI is InChI=1S/C29H43N7O2/c1-29(2,31)27(37)35-17-15-34(16-18-35)26-10-14-36(28(38)32-26)25-6-4-22-19-24(5-3-23(22)20-25)33-12-8-21(7-11-30)9-13-33/h4,6,10,14,20-21,24H,3,5,7-9,11-13,15-19,30-31H2,1-2H3. The summed E-state index contributed by atoms with van der Waals surface area (Å²) in [7, 11) is 0. The van der Waals surface area contributed by atoms with Crippen LogP contribution in [0.4, 0.5) is 5.82 Å². The monoisotopic (exact) mass is 521 g/mol. The molecule has 1 aromatic heterocycles. The number of aryl methyl sites for hydroxylation is 1. The highest BCUT2D eigenvalue weighted by atomic mass is 16.2. The van der Waals surface area contributed by atoms with Crippen LogP contribution in [0.25, 0.3) is 5.69 Å². The summed E-state index contributed by atoms with van der Waals surface area (Å²) in [5.74, 6) is 1.40. The zero-order valence-electron chi connectivity index (χ0n) is 22.9. The number of nitrogens with zero attached hydrogens (tertiary/aromatic N) is 5. The maximum Gasteiger partial charge on any atom is 0.354 e. The zero-order chi connectivity index (χ0) is 26.9. The molecule has 2 saturated heterocycles. The average Bonchev–Trinajstić information content (AvgIpc) is 2.92. The maximum atomic E-state index is 13.0. The van der Waals surface area contributed by atoms with E-state index in [0.717, 1.165) is 37.4 Å². The molecule has 9 nitrogen and oxygen atoms in total. The van der Waals surface area contributed by atoms with Crippen LogP contribution in [0.5, 0.6) is 0 Å². The zero-order valence-corrected chi connectivity index (χ0v) is 22.9. The molecular formula is C29H43N7O2. The molecule has 3 aliphatic rings. The smallest absolute Gasteiger partial charge is 0.353 e. The van der Waals surface area contributed by atoms with E-state index >= 15 is 0 Å². The van der Waals surface area contributed by atoms with E-state index in [1.54, 1.807) is 23.3 Å². The van der Waals surface area contributed by atoms with Gasteiger partial charge in [-0.05, 0) is 107 Å². The van der Waals surface area contributed by atoms with Crippen LogP contribution in [-0.4, -0.2) is 82.7 Å². The normalized spacial score (nSPS) is 21.4. The summed E-state index contributed by atoms with van der Waals surface area (Å²) in [6.45, 7) is 9.04. The second kappa shape index (κ2) is 11.2. The summed E-state index contributed by atoms with van der Waals surface area (Å²) in [6, 6.07) is 8.93. The van der Waals surface area contributed by atoms with Gasteiger partial charge in [-0.2, -0.15) is 4.98 Å². The highest BCUT2D eigenvalue weighted by Gasteiger charge is 2.31. The number of likely N-dealkylation sites (tertiary alicyclic amines) is 1. The first kappa shape index (κ1) is 26.8. The Morgan fingerprint density at radius 2 is 1.76 bits per heavy atom. The number of benzene rings is 1. The van der Waals surface area contributed by atoms with Gasteiger partial charge < -0.3 is 26.2 Å². The van der Waals surface area contributed by atoms with E-state index in [9.17, 15) is 9.59 Å².